The van der Waals surface area contributed by atoms with Crippen LogP contribution in [0.25, 0.3) is 0 Å². The highest BCUT2D eigenvalue weighted by atomic mass is 79.9. The highest BCUT2D eigenvalue weighted by molar-refractivity contribution is 9.10. The zero-order chi connectivity index (χ0) is 15.8. The average Bonchev–Trinajstić information content (AvgIpc) is 2.65. The van der Waals surface area contributed by atoms with Gasteiger partial charge < -0.3 is 10.5 Å². The number of sulfonamides is 1. The average molecular weight is 375 g/mol. The quantitative estimate of drug-likeness (QED) is 0.850. The fourth-order valence-electron chi connectivity index (χ4n) is 1.88. The standard InChI is InChI=1S/C12H15BrN4O3S/c1-7-11(12(14)15-17(7)2)21(18,19)16-8-4-5-9(13)10(6-8)20-3/h4-6,16H,1-3H3,(H2,14,15). The number of anilines is 2. The number of nitrogens with one attached hydrogen (secondary N) is 1. The van der Waals surface area contributed by atoms with Crippen LogP contribution in [0.3, 0.4) is 0 Å². The molecular weight excluding hydrogens is 360 g/mol. The summed E-state index contributed by atoms with van der Waals surface area (Å²) in [6.45, 7) is 1.64. The van der Waals surface area contributed by atoms with Crippen LogP contribution in [-0.4, -0.2) is 25.3 Å². The van der Waals surface area contributed by atoms with Gasteiger partial charge >= 0.3 is 0 Å². The number of hydrogen-bond donors (Lipinski definition) is 2. The lowest BCUT2D eigenvalue weighted by Gasteiger charge is -2.10. The summed E-state index contributed by atoms with van der Waals surface area (Å²) in [6.07, 6.45) is 0. The Morgan fingerprint density at radius 2 is 2.10 bits per heavy atom. The van der Waals surface area contributed by atoms with Crippen LogP contribution >= 0.6 is 15.9 Å². The van der Waals surface area contributed by atoms with Crippen LogP contribution in [0.5, 0.6) is 5.75 Å². The molecule has 1 heterocycles. The number of nitrogens with zero attached hydrogens (tertiary/aromatic N) is 2. The number of hydrogen-bond acceptors (Lipinski definition) is 5. The maximum atomic E-state index is 12.4. The van der Waals surface area contributed by atoms with Crippen LogP contribution in [0.4, 0.5) is 11.5 Å². The van der Waals surface area contributed by atoms with Gasteiger partial charge in [0.2, 0.25) is 0 Å². The normalized spacial score (nSPS) is 11.4. The molecule has 7 nitrogen and oxygen atoms in total. The van der Waals surface area contributed by atoms with Gasteiger partial charge in [-0.2, -0.15) is 5.10 Å². The largest absolute Gasteiger partial charge is 0.495 e. The van der Waals surface area contributed by atoms with Crippen molar-refractivity contribution in [2.75, 3.05) is 17.6 Å². The molecule has 21 heavy (non-hydrogen) atoms. The Balaban J connectivity index is 2.42. The number of aromatic nitrogens is 2. The molecule has 9 heteroatoms. The van der Waals surface area contributed by atoms with Crippen molar-refractivity contribution in [3.63, 3.8) is 0 Å². The Kier molecular flexibility index (Phi) is 4.15. The first kappa shape index (κ1) is 15.6. The van der Waals surface area contributed by atoms with Gasteiger partial charge in [0.25, 0.3) is 10.0 Å². The number of benzene rings is 1. The first-order valence-electron chi connectivity index (χ1n) is 5.91. The van der Waals surface area contributed by atoms with Gasteiger partial charge in [0, 0.05) is 13.1 Å². The van der Waals surface area contributed by atoms with E-state index < -0.39 is 10.0 Å². The summed E-state index contributed by atoms with van der Waals surface area (Å²) in [7, 11) is -0.687. The second-order valence-electron chi connectivity index (χ2n) is 4.38. The van der Waals surface area contributed by atoms with Crippen molar-refractivity contribution in [2.24, 2.45) is 7.05 Å². The predicted octanol–water partition coefficient (Wildman–Crippen LogP) is 1.88. The van der Waals surface area contributed by atoms with Gasteiger partial charge in [0.15, 0.2) is 10.7 Å². The lowest BCUT2D eigenvalue weighted by molar-refractivity contribution is 0.412. The van der Waals surface area contributed by atoms with Crippen LogP contribution < -0.4 is 15.2 Å². The lowest BCUT2D eigenvalue weighted by Crippen LogP contribution is -2.15. The third-order valence-corrected chi connectivity index (χ3v) is 5.18. The molecule has 0 fully saturated rings. The Morgan fingerprint density at radius 1 is 1.43 bits per heavy atom. The molecule has 0 unspecified atom stereocenters. The molecule has 0 amide bonds. The van der Waals surface area contributed by atoms with E-state index in [1.807, 2.05) is 0 Å². The van der Waals surface area contributed by atoms with E-state index in [2.05, 4.69) is 25.8 Å². The molecule has 0 saturated heterocycles. The Hall–Kier alpha value is -1.74. The molecule has 0 aliphatic heterocycles. The van der Waals surface area contributed by atoms with E-state index in [-0.39, 0.29) is 10.7 Å². The van der Waals surface area contributed by atoms with Gasteiger partial charge in [-0.15, -0.1) is 0 Å². The Bertz CT molecular complexity index is 786. The van der Waals surface area contributed by atoms with E-state index in [9.17, 15) is 8.42 Å². The highest BCUT2D eigenvalue weighted by Crippen LogP contribution is 2.30. The predicted molar refractivity (Wildman–Crippen MR) is 83.9 cm³/mol. The summed E-state index contributed by atoms with van der Waals surface area (Å²) in [4.78, 5) is -0.0214. The SMILES string of the molecule is COc1cc(NS(=O)(=O)c2c(N)nn(C)c2C)ccc1Br. The van der Waals surface area contributed by atoms with E-state index in [1.165, 1.54) is 11.8 Å². The van der Waals surface area contributed by atoms with Crippen molar-refractivity contribution in [3.05, 3.63) is 28.4 Å². The summed E-state index contributed by atoms with van der Waals surface area (Å²) < 4.78 is 34.6. The maximum absolute atomic E-state index is 12.4. The molecule has 1 aromatic carbocycles. The molecule has 1 aromatic heterocycles. The summed E-state index contributed by atoms with van der Waals surface area (Å²) in [6, 6.07) is 4.88. The van der Waals surface area contributed by atoms with Crippen molar-refractivity contribution in [3.8, 4) is 5.75 Å². The number of methoxy groups -OCH3 is 1. The monoisotopic (exact) mass is 374 g/mol. The summed E-state index contributed by atoms with van der Waals surface area (Å²) in [5.41, 5.74) is 6.51. The number of aryl methyl sites for hydroxylation is 1. The minimum atomic E-state index is -3.82. The lowest BCUT2D eigenvalue weighted by atomic mass is 10.3. The highest BCUT2D eigenvalue weighted by Gasteiger charge is 2.24. The fourth-order valence-corrected chi connectivity index (χ4v) is 3.66. The molecule has 0 radical (unpaired) electrons. The van der Waals surface area contributed by atoms with Crippen LogP contribution in [-0.2, 0) is 17.1 Å². The maximum Gasteiger partial charge on any atom is 0.267 e. The molecule has 2 aromatic rings. The summed E-state index contributed by atoms with van der Waals surface area (Å²) in [5.74, 6) is 0.484. The first-order valence-corrected chi connectivity index (χ1v) is 8.19. The van der Waals surface area contributed by atoms with Gasteiger partial charge in [-0.3, -0.25) is 9.40 Å². The van der Waals surface area contributed by atoms with E-state index in [0.29, 0.717) is 17.1 Å². The van der Waals surface area contributed by atoms with Gasteiger partial charge in [0.05, 0.1) is 23.0 Å². The Morgan fingerprint density at radius 3 is 2.62 bits per heavy atom. The van der Waals surface area contributed by atoms with Gasteiger partial charge in [-0.1, -0.05) is 0 Å². The third kappa shape index (κ3) is 2.98. The molecule has 2 rings (SSSR count). The van der Waals surface area contributed by atoms with E-state index >= 15 is 0 Å². The van der Waals surface area contributed by atoms with Crippen LogP contribution in [0.15, 0.2) is 27.6 Å². The fraction of sp³-hybridized carbons (Fsp3) is 0.250. The van der Waals surface area contributed by atoms with Crippen molar-refractivity contribution < 1.29 is 13.2 Å². The van der Waals surface area contributed by atoms with E-state index in [4.69, 9.17) is 10.5 Å². The molecule has 114 valence electrons. The molecule has 0 aliphatic rings. The number of nitrogen functional groups attached to an aromatic ring is 1. The second-order valence-corrected chi connectivity index (χ2v) is 6.85. The topological polar surface area (TPSA) is 99.2 Å². The van der Waals surface area contributed by atoms with Gasteiger partial charge in [-0.25, -0.2) is 8.42 Å². The van der Waals surface area contributed by atoms with Crippen LogP contribution in [0, 0.1) is 6.92 Å². The number of halogens is 1. The first-order chi connectivity index (χ1) is 9.76. The number of rotatable bonds is 4. The van der Waals surface area contributed by atoms with Crippen LogP contribution in [0.1, 0.15) is 5.69 Å². The van der Waals surface area contributed by atoms with Crippen LogP contribution in [0.2, 0.25) is 0 Å². The molecule has 0 spiro atoms. The van der Waals surface area contributed by atoms with E-state index in [1.54, 1.807) is 32.2 Å². The molecule has 0 aliphatic carbocycles. The second kappa shape index (κ2) is 5.57. The summed E-state index contributed by atoms with van der Waals surface area (Å²) >= 11 is 3.31. The third-order valence-electron chi connectivity index (χ3n) is 2.98. The van der Waals surface area contributed by atoms with E-state index in [0.717, 1.165) is 4.47 Å². The number of ether oxygens (including phenoxy) is 1. The molecule has 0 saturated carbocycles. The molecule has 0 bridgehead atoms. The van der Waals surface area contributed by atoms with Crippen molar-refractivity contribution >= 4 is 37.5 Å². The van der Waals surface area contributed by atoms with Gasteiger partial charge in [-0.05, 0) is 35.0 Å². The van der Waals surface area contributed by atoms with Crippen molar-refractivity contribution in [2.45, 2.75) is 11.8 Å². The minimum Gasteiger partial charge on any atom is -0.495 e. The zero-order valence-electron chi connectivity index (χ0n) is 11.7. The number of nitrogens with two attached hydrogens (primary N) is 1. The molecular formula is C12H15BrN4O3S. The van der Waals surface area contributed by atoms with Crippen molar-refractivity contribution in [1.82, 2.24) is 9.78 Å². The van der Waals surface area contributed by atoms with Crippen molar-refractivity contribution in [1.29, 1.82) is 0 Å². The smallest absolute Gasteiger partial charge is 0.267 e. The summed E-state index contributed by atoms with van der Waals surface area (Å²) in [5, 5.41) is 3.91. The van der Waals surface area contributed by atoms with Gasteiger partial charge in [0.1, 0.15) is 5.75 Å². The molecule has 0 atom stereocenters. The zero-order valence-corrected chi connectivity index (χ0v) is 14.1. The Labute approximate surface area is 131 Å². The minimum absolute atomic E-state index is 0.0214. The molecule has 3 N–H and O–H groups in total.